The van der Waals surface area contributed by atoms with E-state index in [1.807, 2.05) is 30.3 Å². The molecule has 12 nitrogen and oxygen atoms in total. The SMILES string of the molecule is C=CCOC12Oc3ccc(Oc4ccc(C)c(C)c4)cc3C3C(CCCCO)C(CCCCO)C=C(C(=NOC)CC1N(CCOCCO)C(=O)OCCCl)C32. The number of benzene rings is 2. The maximum absolute atomic E-state index is 14.1. The van der Waals surface area contributed by atoms with Crippen molar-refractivity contribution in [3.8, 4) is 17.2 Å². The number of amides is 1. The molecule has 0 aromatic heterocycles. The van der Waals surface area contributed by atoms with Gasteiger partial charge in [0.15, 0.2) is 0 Å². The first-order valence-corrected chi connectivity index (χ1v) is 20.3. The molecule has 1 fully saturated rings. The molecule has 56 heavy (non-hydrogen) atoms. The number of alkyl halides is 1. The molecule has 1 saturated carbocycles. The number of ether oxygens (including phenoxy) is 5. The summed E-state index contributed by atoms with van der Waals surface area (Å²) in [7, 11) is 1.51. The Kier molecular flexibility index (Phi) is 16.5. The number of nitrogens with zero attached hydrogens (tertiary/aromatic N) is 2. The van der Waals surface area contributed by atoms with Crippen molar-refractivity contribution in [2.24, 2.45) is 22.9 Å². The van der Waals surface area contributed by atoms with Crippen LogP contribution in [0.15, 0.2) is 65.9 Å². The van der Waals surface area contributed by atoms with E-state index in [2.05, 4.69) is 37.7 Å². The Bertz CT molecular complexity index is 1670. The number of oxime groups is 1. The fraction of sp³-hybridized carbons (Fsp3) is 0.581. The highest BCUT2D eigenvalue weighted by molar-refractivity contribution is 6.18. The number of carbonyl (C=O) groups is 1. The molecule has 2 aliphatic carbocycles. The highest BCUT2D eigenvalue weighted by Gasteiger charge is 2.65. The molecule has 0 bridgehead atoms. The number of hydrogen-bond acceptors (Lipinski definition) is 11. The third-order valence-electron chi connectivity index (χ3n) is 11.2. The summed E-state index contributed by atoms with van der Waals surface area (Å²) < 4.78 is 32.0. The second kappa shape index (κ2) is 21.2. The van der Waals surface area contributed by atoms with Gasteiger partial charge in [-0.1, -0.05) is 36.2 Å². The number of fused-ring (bicyclic) bond motifs is 2. The van der Waals surface area contributed by atoms with Crippen LogP contribution < -0.4 is 9.47 Å². The predicted molar refractivity (Wildman–Crippen MR) is 215 cm³/mol. The Hall–Kier alpha value is -3.65. The molecule has 2 aromatic carbocycles. The summed E-state index contributed by atoms with van der Waals surface area (Å²) in [5, 5.41) is 33.7. The topological polar surface area (TPSA) is 149 Å². The van der Waals surface area contributed by atoms with Crippen LogP contribution in [-0.4, -0.2) is 110 Å². The van der Waals surface area contributed by atoms with E-state index in [1.54, 1.807) is 11.0 Å². The zero-order valence-electron chi connectivity index (χ0n) is 33.0. The van der Waals surface area contributed by atoms with E-state index in [1.165, 1.54) is 12.7 Å². The van der Waals surface area contributed by atoms with Crippen molar-refractivity contribution < 1.29 is 48.6 Å². The quantitative estimate of drug-likeness (QED) is 0.0490. The Morgan fingerprint density at radius 1 is 1.00 bits per heavy atom. The van der Waals surface area contributed by atoms with E-state index in [9.17, 15) is 20.1 Å². The average Bonchev–Trinajstić information content (AvgIpc) is 3.19. The maximum Gasteiger partial charge on any atom is 0.410 e. The van der Waals surface area contributed by atoms with Crippen LogP contribution in [0, 0.1) is 31.6 Å². The second-order valence-electron chi connectivity index (χ2n) is 14.6. The number of allylic oxidation sites excluding steroid dienone is 1. The summed E-state index contributed by atoms with van der Waals surface area (Å²) >= 11 is 5.99. The molecule has 1 heterocycles. The zero-order chi connectivity index (χ0) is 40.1. The van der Waals surface area contributed by atoms with Crippen LogP contribution in [0.3, 0.4) is 0 Å². The molecule has 5 rings (SSSR count). The lowest BCUT2D eigenvalue weighted by Crippen LogP contribution is -2.70. The minimum absolute atomic E-state index is 0.00668. The highest BCUT2D eigenvalue weighted by Crippen LogP contribution is 2.62. The van der Waals surface area contributed by atoms with Crippen LogP contribution in [0.1, 0.15) is 67.6 Å². The Morgan fingerprint density at radius 2 is 1.75 bits per heavy atom. The van der Waals surface area contributed by atoms with Gasteiger partial charge in [0.1, 0.15) is 37.0 Å². The lowest BCUT2D eigenvalue weighted by molar-refractivity contribution is -0.256. The van der Waals surface area contributed by atoms with Gasteiger partial charge in [0.05, 0.1) is 43.9 Å². The van der Waals surface area contributed by atoms with Crippen molar-refractivity contribution in [1.29, 1.82) is 0 Å². The molecule has 1 amide bonds. The number of aliphatic hydroxyl groups is 3. The largest absolute Gasteiger partial charge is 0.459 e. The molecule has 13 heteroatoms. The standard InChI is InChI=1S/C43H59ClN2O10/c1-5-21-54-43-39(46(17-23-52-24-20-49)42(50)53-22-16-44)28-37(45-51-4)35-26-31(10-6-8-18-47)34(11-7-9-19-48)40(41(35)43)36-27-33(14-15-38(36)56-43)55-32-13-12-29(2)30(3)25-32/h5,12-15,25-27,31,34,39-41,47-49H,1,6-11,16-24,28H2,2-4H3. The van der Waals surface area contributed by atoms with E-state index in [-0.39, 0.29) is 82.8 Å². The van der Waals surface area contributed by atoms with Crippen molar-refractivity contribution >= 4 is 23.4 Å². The first-order chi connectivity index (χ1) is 27.3. The van der Waals surface area contributed by atoms with Gasteiger partial charge in [-0.15, -0.1) is 18.2 Å². The van der Waals surface area contributed by atoms with Crippen molar-refractivity contribution in [2.45, 2.75) is 76.5 Å². The van der Waals surface area contributed by atoms with Gasteiger partial charge in [0.2, 0.25) is 5.79 Å². The summed E-state index contributed by atoms with van der Waals surface area (Å²) in [6.07, 6.45) is 8.11. The number of halogens is 1. The fourth-order valence-corrected chi connectivity index (χ4v) is 8.73. The minimum atomic E-state index is -1.46. The van der Waals surface area contributed by atoms with Crippen molar-refractivity contribution in [3.63, 3.8) is 0 Å². The molecule has 0 radical (unpaired) electrons. The summed E-state index contributed by atoms with van der Waals surface area (Å²) in [4.78, 5) is 21.2. The van der Waals surface area contributed by atoms with Gasteiger partial charge in [-0.3, -0.25) is 4.90 Å². The predicted octanol–water partition coefficient (Wildman–Crippen LogP) is 7.05. The van der Waals surface area contributed by atoms with E-state index in [0.717, 1.165) is 48.1 Å². The Balaban J connectivity index is 1.75. The van der Waals surface area contributed by atoms with E-state index in [0.29, 0.717) is 30.1 Å². The van der Waals surface area contributed by atoms with Gasteiger partial charge in [0, 0.05) is 37.7 Å². The minimum Gasteiger partial charge on any atom is -0.459 e. The van der Waals surface area contributed by atoms with Crippen molar-refractivity contribution in [1.82, 2.24) is 4.90 Å². The van der Waals surface area contributed by atoms with E-state index < -0.39 is 23.8 Å². The van der Waals surface area contributed by atoms with Gasteiger partial charge in [-0.05, 0) is 98.4 Å². The summed E-state index contributed by atoms with van der Waals surface area (Å²) in [5.41, 5.74) is 4.82. The molecule has 3 aliphatic rings. The van der Waals surface area contributed by atoms with Crippen LogP contribution >= 0.6 is 11.6 Å². The molecule has 6 unspecified atom stereocenters. The number of aliphatic hydroxyl groups excluding tert-OH is 3. The van der Waals surface area contributed by atoms with Crippen LogP contribution in [0.5, 0.6) is 17.2 Å². The molecule has 6 atom stereocenters. The van der Waals surface area contributed by atoms with Crippen LogP contribution in [-0.2, 0) is 19.0 Å². The highest BCUT2D eigenvalue weighted by atomic mass is 35.5. The van der Waals surface area contributed by atoms with Gasteiger partial charge >= 0.3 is 6.09 Å². The van der Waals surface area contributed by atoms with Crippen LogP contribution in [0.25, 0.3) is 0 Å². The normalized spacial score (nSPS) is 24.4. The summed E-state index contributed by atoms with van der Waals surface area (Å²) in [5.74, 6) is 0.0579. The van der Waals surface area contributed by atoms with Gasteiger partial charge in [-0.2, -0.15) is 0 Å². The lowest BCUT2D eigenvalue weighted by Gasteiger charge is -2.59. The number of rotatable bonds is 22. The lowest BCUT2D eigenvalue weighted by atomic mass is 9.55. The number of aryl methyl sites for hydroxylation is 2. The van der Waals surface area contributed by atoms with Crippen molar-refractivity contribution in [3.05, 3.63) is 77.4 Å². The number of carbonyl (C=O) groups excluding carboxylic acids is 1. The third-order valence-corrected chi connectivity index (χ3v) is 11.3. The number of unbranched alkanes of at least 4 members (excludes halogenated alkanes) is 2. The fourth-order valence-electron chi connectivity index (χ4n) is 8.65. The Labute approximate surface area is 336 Å². The molecule has 308 valence electrons. The molecule has 0 spiro atoms. The first kappa shape index (κ1) is 43.5. The Morgan fingerprint density at radius 3 is 2.45 bits per heavy atom. The van der Waals surface area contributed by atoms with Gasteiger partial charge < -0.3 is 43.8 Å². The zero-order valence-corrected chi connectivity index (χ0v) is 33.8. The second-order valence-corrected chi connectivity index (χ2v) is 15.0. The van der Waals surface area contributed by atoms with Gasteiger partial charge in [0.25, 0.3) is 0 Å². The van der Waals surface area contributed by atoms with Crippen LogP contribution in [0.2, 0.25) is 0 Å². The average molecular weight is 799 g/mol. The first-order valence-electron chi connectivity index (χ1n) is 19.8. The molecule has 2 aromatic rings. The molecule has 3 N–H and O–H groups in total. The smallest absolute Gasteiger partial charge is 0.410 e. The monoisotopic (exact) mass is 798 g/mol. The van der Waals surface area contributed by atoms with Crippen LogP contribution in [0.4, 0.5) is 4.79 Å². The molecular weight excluding hydrogens is 740 g/mol. The molecule has 0 saturated heterocycles. The summed E-state index contributed by atoms with van der Waals surface area (Å²) in [6, 6.07) is 11.1. The van der Waals surface area contributed by atoms with Gasteiger partial charge in [-0.25, -0.2) is 4.79 Å². The van der Waals surface area contributed by atoms with E-state index in [4.69, 9.17) is 40.1 Å². The van der Waals surface area contributed by atoms with Crippen molar-refractivity contribution in [2.75, 3.05) is 65.8 Å². The molecule has 1 aliphatic heterocycles. The molecular formula is C43H59ClN2O10. The number of hydrogen-bond donors (Lipinski definition) is 3. The van der Waals surface area contributed by atoms with E-state index >= 15 is 0 Å². The maximum atomic E-state index is 14.1. The third kappa shape index (κ3) is 9.89. The summed E-state index contributed by atoms with van der Waals surface area (Å²) in [6.45, 7) is 8.56.